The Morgan fingerprint density at radius 3 is 2.93 bits per heavy atom. The highest BCUT2D eigenvalue weighted by Gasteiger charge is 2.06. The molecule has 1 aromatic rings. The predicted molar refractivity (Wildman–Crippen MR) is 62.3 cm³/mol. The van der Waals surface area contributed by atoms with Crippen LogP contribution in [-0.2, 0) is 6.42 Å². The molecule has 0 saturated carbocycles. The normalized spacial score (nSPS) is 19.1. The van der Waals surface area contributed by atoms with Crippen LogP contribution in [-0.4, -0.2) is 0 Å². The first-order valence-corrected chi connectivity index (χ1v) is 5.23. The Morgan fingerprint density at radius 1 is 1.29 bits per heavy atom. The van der Waals surface area contributed by atoms with Crippen LogP contribution in [0.1, 0.15) is 29.5 Å². The van der Waals surface area contributed by atoms with E-state index in [0.29, 0.717) is 0 Å². The molecular formula is C14H16. The molecule has 2 bridgehead atoms. The molecule has 0 amide bonds. The summed E-state index contributed by atoms with van der Waals surface area (Å²) in [6, 6.07) is 6.58. The Kier molecular flexibility index (Phi) is 2.53. The lowest BCUT2D eigenvalue weighted by Gasteiger charge is -2.13. The molecule has 0 N–H and O–H groups in total. The van der Waals surface area contributed by atoms with E-state index in [-0.39, 0.29) is 0 Å². The minimum absolute atomic E-state index is 1.16. The van der Waals surface area contributed by atoms with Crippen molar-refractivity contribution in [2.75, 3.05) is 0 Å². The van der Waals surface area contributed by atoms with Crippen molar-refractivity contribution in [3.05, 3.63) is 53.1 Å². The molecule has 0 radical (unpaired) electrons. The van der Waals surface area contributed by atoms with Gasteiger partial charge in [0, 0.05) is 0 Å². The van der Waals surface area contributed by atoms with Crippen LogP contribution < -0.4 is 0 Å². The third kappa shape index (κ3) is 1.65. The highest BCUT2D eigenvalue weighted by molar-refractivity contribution is 5.60. The molecule has 0 spiro atoms. The summed E-state index contributed by atoms with van der Waals surface area (Å²) < 4.78 is 0. The lowest BCUT2D eigenvalue weighted by Crippen LogP contribution is -1.96. The molecule has 1 aromatic carbocycles. The van der Waals surface area contributed by atoms with E-state index in [1.165, 1.54) is 35.1 Å². The second-order valence-electron chi connectivity index (χ2n) is 3.91. The van der Waals surface area contributed by atoms with E-state index in [1.54, 1.807) is 0 Å². The van der Waals surface area contributed by atoms with Gasteiger partial charge < -0.3 is 0 Å². The Morgan fingerprint density at radius 2 is 2.14 bits per heavy atom. The second kappa shape index (κ2) is 3.83. The maximum absolute atomic E-state index is 3.86. The zero-order chi connectivity index (χ0) is 9.97. The number of aryl methyl sites for hydroxylation is 1. The largest absolute Gasteiger partial charge is 0.0988 e. The summed E-state index contributed by atoms with van der Waals surface area (Å²) in [4.78, 5) is 0. The van der Waals surface area contributed by atoms with Gasteiger partial charge in [0.05, 0.1) is 0 Å². The lowest BCUT2D eigenvalue weighted by molar-refractivity contribution is 0.817. The highest BCUT2D eigenvalue weighted by Crippen LogP contribution is 2.24. The van der Waals surface area contributed by atoms with Crippen molar-refractivity contribution < 1.29 is 0 Å². The zero-order valence-corrected chi connectivity index (χ0v) is 8.72. The molecule has 0 aliphatic heterocycles. The van der Waals surface area contributed by atoms with Crippen LogP contribution in [0.3, 0.4) is 0 Å². The predicted octanol–water partition coefficient (Wildman–Crippen LogP) is 3.90. The fraction of sp³-hybridized carbons (Fsp3) is 0.286. The van der Waals surface area contributed by atoms with Crippen molar-refractivity contribution in [1.82, 2.24) is 0 Å². The molecule has 0 atom stereocenters. The minimum Gasteiger partial charge on any atom is -0.0988 e. The quantitative estimate of drug-likeness (QED) is 0.621. The van der Waals surface area contributed by atoms with Gasteiger partial charge in [0.1, 0.15) is 0 Å². The van der Waals surface area contributed by atoms with Crippen LogP contribution in [0.25, 0.3) is 6.08 Å². The molecular weight excluding hydrogens is 168 g/mol. The summed E-state index contributed by atoms with van der Waals surface area (Å²) in [7, 11) is 0. The lowest BCUT2D eigenvalue weighted by atomic mass is 9.92. The Labute approximate surface area is 86.0 Å². The van der Waals surface area contributed by atoms with Gasteiger partial charge >= 0.3 is 0 Å². The van der Waals surface area contributed by atoms with E-state index in [4.69, 9.17) is 0 Å². The first kappa shape index (κ1) is 9.26. The van der Waals surface area contributed by atoms with E-state index in [1.807, 2.05) is 6.08 Å². The first-order chi connectivity index (χ1) is 6.81. The average molecular weight is 184 g/mol. The molecule has 0 heterocycles. The maximum atomic E-state index is 3.86. The summed E-state index contributed by atoms with van der Waals surface area (Å²) in [6.07, 6.45) is 7.85. The molecule has 14 heavy (non-hydrogen) atoms. The van der Waals surface area contributed by atoms with Crippen LogP contribution in [0.4, 0.5) is 0 Å². The SMILES string of the molecule is C=C/C1=C/c2cccc(c2C)CCC1. The molecule has 72 valence electrons. The van der Waals surface area contributed by atoms with Gasteiger partial charge in [-0.25, -0.2) is 0 Å². The van der Waals surface area contributed by atoms with Crippen LogP contribution >= 0.6 is 0 Å². The van der Waals surface area contributed by atoms with E-state index in [9.17, 15) is 0 Å². The van der Waals surface area contributed by atoms with Gasteiger partial charge in [-0.05, 0) is 48.4 Å². The van der Waals surface area contributed by atoms with Gasteiger partial charge in [-0.1, -0.05) is 36.9 Å². The minimum atomic E-state index is 1.16. The number of rotatable bonds is 1. The van der Waals surface area contributed by atoms with Crippen LogP contribution in [0.5, 0.6) is 0 Å². The molecule has 0 aromatic heterocycles. The van der Waals surface area contributed by atoms with E-state index in [2.05, 4.69) is 37.8 Å². The van der Waals surface area contributed by atoms with Gasteiger partial charge in [-0.2, -0.15) is 0 Å². The van der Waals surface area contributed by atoms with Crippen LogP contribution in [0, 0.1) is 6.92 Å². The van der Waals surface area contributed by atoms with Gasteiger partial charge in [0.2, 0.25) is 0 Å². The van der Waals surface area contributed by atoms with Gasteiger partial charge in [0.15, 0.2) is 0 Å². The number of fused-ring (bicyclic) bond motifs is 2. The summed E-state index contributed by atoms with van der Waals surface area (Å²) in [5.41, 5.74) is 5.66. The van der Waals surface area contributed by atoms with Gasteiger partial charge in [-0.3, -0.25) is 0 Å². The van der Waals surface area contributed by atoms with Gasteiger partial charge in [-0.15, -0.1) is 0 Å². The van der Waals surface area contributed by atoms with Crippen LogP contribution in [0.15, 0.2) is 36.4 Å². The molecule has 1 aliphatic carbocycles. The number of hydrogen-bond acceptors (Lipinski definition) is 0. The van der Waals surface area contributed by atoms with E-state index in [0.717, 1.165) is 6.42 Å². The summed E-state index contributed by atoms with van der Waals surface area (Å²) >= 11 is 0. The van der Waals surface area contributed by atoms with Crippen molar-refractivity contribution in [2.24, 2.45) is 0 Å². The van der Waals surface area contributed by atoms with Gasteiger partial charge in [0.25, 0.3) is 0 Å². The van der Waals surface area contributed by atoms with E-state index < -0.39 is 0 Å². The number of benzene rings is 1. The molecule has 2 rings (SSSR count). The molecule has 0 unspecified atom stereocenters. The summed E-state index contributed by atoms with van der Waals surface area (Å²) in [5.74, 6) is 0. The van der Waals surface area contributed by atoms with Crippen molar-refractivity contribution in [3.63, 3.8) is 0 Å². The fourth-order valence-electron chi connectivity index (χ4n) is 2.05. The third-order valence-corrected chi connectivity index (χ3v) is 3.00. The fourth-order valence-corrected chi connectivity index (χ4v) is 2.05. The number of hydrogen-bond donors (Lipinski definition) is 0. The topological polar surface area (TPSA) is 0 Å². The van der Waals surface area contributed by atoms with Crippen LogP contribution in [0.2, 0.25) is 0 Å². The third-order valence-electron chi connectivity index (χ3n) is 3.00. The maximum Gasteiger partial charge on any atom is -0.0222 e. The Hall–Kier alpha value is -1.30. The number of allylic oxidation sites excluding steroid dienone is 2. The molecule has 0 nitrogen and oxygen atoms in total. The summed E-state index contributed by atoms with van der Waals surface area (Å²) in [6.45, 7) is 6.07. The first-order valence-electron chi connectivity index (χ1n) is 5.23. The molecule has 0 heteroatoms. The highest BCUT2D eigenvalue weighted by atomic mass is 14.1. The standard InChI is InChI=1S/C14H16/c1-3-12-6-4-7-13-8-5-9-14(10-12)11(13)2/h3,5,8-10H,1,4,6-7H2,2H3/b12-10-. The zero-order valence-electron chi connectivity index (χ0n) is 8.72. The van der Waals surface area contributed by atoms with Crippen molar-refractivity contribution in [3.8, 4) is 0 Å². The van der Waals surface area contributed by atoms with Crippen molar-refractivity contribution >= 4 is 6.08 Å². The van der Waals surface area contributed by atoms with Crippen molar-refractivity contribution in [1.29, 1.82) is 0 Å². The Bertz CT molecular complexity index is 383. The monoisotopic (exact) mass is 184 g/mol. The average Bonchev–Trinajstić information content (AvgIpc) is 2.21. The second-order valence-corrected chi connectivity index (χ2v) is 3.91. The van der Waals surface area contributed by atoms with Crippen molar-refractivity contribution in [2.45, 2.75) is 26.2 Å². The smallest absolute Gasteiger partial charge is 0.0222 e. The molecule has 1 aliphatic rings. The molecule has 0 saturated heterocycles. The van der Waals surface area contributed by atoms with E-state index >= 15 is 0 Å². The Balaban J connectivity index is 2.54. The summed E-state index contributed by atoms with van der Waals surface area (Å²) in [5, 5.41) is 0. The molecule has 0 fully saturated rings.